The Hall–Kier alpha value is -0.790. The number of carbonyl (C=O) groups excluding carboxylic acids is 1. The van der Waals surface area contributed by atoms with Crippen LogP contribution >= 0.6 is 0 Å². The van der Waals surface area contributed by atoms with Gasteiger partial charge in [-0.2, -0.15) is 0 Å². The fourth-order valence-corrected chi connectivity index (χ4v) is 2.27. The molecule has 1 rings (SSSR count). The lowest BCUT2D eigenvalue weighted by atomic mass is 9.80. The average Bonchev–Trinajstić information content (AvgIpc) is 2.19. The van der Waals surface area contributed by atoms with Gasteiger partial charge in [0.25, 0.3) is 0 Å². The molecule has 0 aromatic rings. The van der Waals surface area contributed by atoms with Gasteiger partial charge in [-0.05, 0) is 31.6 Å². The Morgan fingerprint density at radius 2 is 1.93 bits per heavy atom. The molecular weight excluding hydrogens is 174 g/mol. The van der Waals surface area contributed by atoms with Crippen molar-refractivity contribution in [3.63, 3.8) is 0 Å². The fraction of sp³-hybridized carbons (Fsp3) is 0.750. The summed E-state index contributed by atoms with van der Waals surface area (Å²) in [6, 6.07) is 0. The van der Waals surface area contributed by atoms with E-state index in [1.807, 2.05) is 13.0 Å². The molecule has 1 aliphatic rings. The second-order valence-corrected chi connectivity index (χ2v) is 4.47. The van der Waals surface area contributed by atoms with Gasteiger partial charge in [0, 0.05) is 5.57 Å². The van der Waals surface area contributed by atoms with E-state index < -0.39 is 0 Å². The van der Waals surface area contributed by atoms with E-state index in [1.54, 1.807) is 0 Å². The maximum Gasteiger partial charge on any atom is 0.244 e. The number of allylic oxidation sites excluding steroid dienone is 1. The molecule has 80 valence electrons. The van der Waals surface area contributed by atoms with Gasteiger partial charge in [0.1, 0.15) is 0 Å². The van der Waals surface area contributed by atoms with Crippen LogP contribution in [-0.2, 0) is 4.79 Å². The van der Waals surface area contributed by atoms with Crippen molar-refractivity contribution in [2.45, 2.75) is 46.0 Å². The first-order valence-electron chi connectivity index (χ1n) is 5.59. The minimum atomic E-state index is -0.285. The molecule has 1 fully saturated rings. The first-order chi connectivity index (χ1) is 6.61. The predicted molar refractivity (Wildman–Crippen MR) is 58.7 cm³/mol. The van der Waals surface area contributed by atoms with Gasteiger partial charge in [0.15, 0.2) is 0 Å². The Bertz CT molecular complexity index is 226. The number of nitrogens with two attached hydrogens (primary N) is 1. The molecule has 1 atom stereocenters. The van der Waals surface area contributed by atoms with Gasteiger partial charge in [0.05, 0.1) is 0 Å². The number of amides is 1. The van der Waals surface area contributed by atoms with Crippen LogP contribution in [-0.4, -0.2) is 5.91 Å². The molecule has 0 radical (unpaired) electrons. The lowest BCUT2D eigenvalue weighted by Crippen LogP contribution is -2.17. The highest BCUT2D eigenvalue weighted by molar-refractivity contribution is 5.91. The van der Waals surface area contributed by atoms with E-state index in [4.69, 9.17) is 5.73 Å². The molecule has 2 N–H and O–H groups in total. The van der Waals surface area contributed by atoms with Gasteiger partial charge >= 0.3 is 0 Å². The van der Waals surface area contributed by atoms with Crippen LogP contribution in [0.3, 0.4) is 0 Å². The van der Waals surface area contributed by atoms with Crippen LogP contribution in [0, 0.1) is 11.8 Å². The molecule has 0 bridgehead atoms. The second kappa shape index (κ2) is 5.18. The molecule has 2 nitrogen and oxygen atoms in total. The Labute approximate surface area is 86.6 Å². The summed E-state index contributed by atoms with van der Waals surface area (Å²) in [6.07, 6.45) is 8.73. The summed E-state index contributed by atoms with van der Waals surface area (Å²) < 4.78 is 0. The Kier molecular flexibility index (Phi) is 4.18. The molecular formula is C12H21NO. The Balaban J connectivity index is 2.51. The minimum absolute atomic E-state index is 0.285. The van der Waals surface area contributed by atoms with Crippen molar-refractivity contribution in [1.29, 1.82) is 0 Å². The van der Waals surface area contributed by atoms with Crippen molar-refractivity contribution < 1.29 is 4.79 Å². The zero-order valence-electron chi connectivity index (χ0n) is 9.25. The Morgan fingerprint density at radius 1 is 1.36 bits per heavy atom. The van der Waals surface area contributed by atoms with Gasteiger partial charge in [-0.3, -0.25) is 4.79 Å². The fourth-order valence-electron chi connectivity index (χ4n) is 2.27. The maximum atomic E-state index is 10.9. The summed E-state index contributed by atoms with van der Waals surface area (Å²) in [4.78, 5) is 10.9. The molecule has 14 heavy (non-hydrogen) atoms. The van der Waals surface area contributed by atoms with Crippen LogP contribution in [0.2, 0.25) is 0 Å². The van der Waals surface area contributed by atoms with Gasteiger partial charge in [-0.1, -0.05) is 32.3 Å². The van der Waals surface area contributed by atoms with Gasteiger partial charge in [0.2, 0.25) is 5.91 Å². The lowest BCUT2D eigenvalue weighted by Gasteiger charge is -2.25. The van der Waals surface area contributed by atoms with Crippen LogP contribution in [0.4, 0.5) is 0 Å². The molecule has 0 aliphatic heterocycles. The third-order valence-corrected chi connectivity index (χ3v) is 3.29. The van der Waals surface area contributed by atoms with Crippen LogP contribution in [0.1, 0.15) is 46.0 Å². The summed E-state index contributed by atoms with van der Waals surface area (Å²) in [5.74, 6) is 0.980. The molecule has 0 aromatic carbocycles. The largest absolute Gasteiger partial charge is 0.366 e. The van der Waals surface area contributed by atoms with E-state index in [2.05, 4.69) is 6.92 Å². The molecule has 0 saturated heterocycles. The van der Waals surface area contributed by atoms with Crippen LogP contribution in [0.25, 0.3) is 0 Å². The van der Waals surface area contributed by atoms with Gasteiger partial charge in [-0.25, -0.2) is 0 Å². The van der Waals surface area contributed by atoms with Crippen molar-refractivity contribution in [3.05, 3.63) is 11.6 Å². The zero-order chi connectivity index (χ0) is 10.6. The molecule has 0 spiro atoms. The SMILES string of the molecule is C/C(=C\C(C)C1CCCCC1)C(N)=O. The molecule has 0 heterocycles. The highest BCUT2D eigenvalue weighted by atomic mass is 16.1. The molecule has 1 unspecified atom stereocenters. The molecule has 1 amide bonds. The Morgan fingerprint density at radius 3 is 2.43 bits per heavy atom. The van der Waals surface area contributed by atoms with Gasteiger partial charge < -0.3 is 5.73 Å². The quantitative estimate of drug-likeness (QED) is 0.691. The first kappa shape index (κ1) is 11.3. The molecule has 1 saturated carbocycles. The molecule has 0 aromatic heterocycles. The summed E-state index contributed by atoms with van der Waals surface area (Å²) in [6.45, 7) is 4.00. The van der Waals surface area contributed by atoms with Crippen LogP contribution < -0.4 is 5.73 Å². The first-order valence-corrected chi connectivity index (χ1v) is 5.59. The summed E-state index contributed by atoms with van der Waals surface area (Å²) in [5, 5.41) is 0. The van der Waals surface area contributed by atoms with Crippen LogP contribution in [0.15, 0.2) is 11.6 Å². The number of carbonyl (C=O) groups is 1. The monoisotopic (exact) mass is 195 g/mol. The zero-order valence-corrected chi connectivity index (χ0v) is 9.25. The predicted octanol–water partition coefficient (Wildman–Crippen LogP) is 2.63. The van der Waals surface area contributed by atoms with Crippen LogP contribution in [0.5, 0.6) is 0 Å². The van der Waals surface area contributed by atoms with E-state index in [1.165, 1.54) is 32.1 Å². The topological polar surface area (TPSA) is 43.1 Å². The normalized spacial score (nSPS) is 22.0. The summed E-state index contributed by atoms with van der Waals surface area (Å²) in [7, 11) is 0. The summed E-state index contributed by atoms with van der Waals surface area (Å²) >= 11 is 0. The number of primary amides is 1. The molecule has 1 aliphatic carbocycles. The standard InChI is InChI=1S/C12H21NO/c1-9(8-10(2)12(13)14)11-6-4-3-5-7-11/h8-9,11H,3-7H2,1-2H3,(H2,13,14)/b10-8+. The second-order valence-electron chi connectivity index (χ2n) is 4.47. The lowest BCUT2D eigenvalue weighted by molar-refractivity contribution is -0.114. The minimum Gasteiger partial charge on any atom is -0.366 e. The number of hydrogen-bond donors (Lipinski definition) is 1. The van der Waals surface area contributed by atoms with E-state index in [-0.39, 0.29) is 5.91 Å². The summed E-state index contributed by atoms with van der Waals surface area (Å²) in [5.41, 5.74) is 5.92. The highest BCUT2D eigenvalue weighted by Crippen LogP contribution is 2.30. The van der Waals surface area contributed by atoms with E-state index in [0.29, 0.717) is 11.5 Å². The number of rotatable bonds is 3. The van der Waals surface area contributed by atoms with Crippen molar-refractivity contribution in [2.24, 2.45) is 17.6 Å². The number of hydrogen-bond acceptors (Lipinski definition) is 1. The third-order valence-electron chi connectivity index (χ3n) is 3.29. The molecule has 2 heteroatoms. The van der Waals surface area contributed by atoms with E-state index in [0.717, 1.165) is 5.92 Å². The van der Waals surface area contributed by atoms with Crippen molar-refractivity contribution in [3.8, 4) is 0 Å². The van der Waals surface area contributed by atoms with Crippen molar-refractivity contribution >= 4 is 5.91 Å². The maximum absolute atomic E-state index is 10.9. The smallest absolute Gasteiger partial charge is 0.244 e. The van der Waals surface area contributed by atoms with Crippen molar-refractivity contribution in [1.82, 2.24) is 0 Å². The highest BCUT2D eigenvalue weighted by Gasteiger charge is 2.18. The van der Waals surface area contributed by atoms with Crippen molar-refractivity contribution in [2.75, 3.05) is 0 Å². The van der Waals surface area contributed by atoms with E-state index in [9.17, 15) is 4.79 Å². The van der Waals surface area contributed by atoms with E-state index >= 15 is 0 Å². The average molecular weight is 195 g/mol. The third kappa shape index (κ3) is 3.17. The van der Waals surface area contributed by atoms with Gasteiger partial charge in [-0.15, -0.1) is 0 Å².